The fourth-order valence-corrected chi connectivity index (χ4v) is 3.07. The van der Waals surface area contributed by atoms with Crippen LogP contribution < -0.4 is 0 Å². The van der Waals surface area contributed by atoms with Gasteiger partial charge in [0.1, 0.15) is 17.8 Å². The Morgan fingerprint density at radius 3 is 2.50 bits per heavy atom. The Labute approximate surface area is 130 Å². The van der Waals surface area contributed by atoms with Crippen LogP contribution >= 0.6 is 0 Å². The van der Waals surface area contributed by atoms with E-state index in [1.165, 1.54) is 6.08 Å². The molecule has 0 spiro atoms. The second-order valence-corrected chi connectivity index (χ2v) is 6.63. The van der Waals surface area contributed by atoms with Crippen molar-refractivity contribution in [3.63, 3.8) is 0 Å². The molecule has 1 unspecified atom stereocenters. The quantitative estimate of drug-likeness (QED) is 0.541. The summed E-state index contributed by atoms with van der Waals surface area (Å²) in [5.41, 5.74) is 0. The van der Waals surface area contributed by atoms with Crippen LogP contribution in [0.3, 0.4) is 0 Å². The van der Waals surface area contributed by atoms with Gasteiger partial charge in [0.25, 0.3) is 10.1 Å². The van der Waals surface area contributed by atoms with Gasteiger partial charge in [0.05, 0.1) is 5.75 Å². The molecule has 2 aromatic rings. The highest BCUT2D eigenvalue weighted by molar-refractivity contribution is 7.86. The van der Waals surface area contributed by atoms with Crippen molar-refractivity contribution in [3.8, 4) is 0 Å². The predicted molar refractivity (Wildman–Crippen MR) is 82.5 cm³/mol. The Bertz CT molecular complexity index is 733. The minimum absolute atomic E-state index is 0.226. The van der Waals surface area contributed by atoms with Crippen LogP contribution in [-0.2, 0) is 34.8 Å². The van der Waals surface area contributed by atoms with E-state index in [9.17, 15) is 8.42 Å². The molecule has 0 aliphatic carbocycles. The summed E-state index contributed by atoms with van der Waals surface area (Å²) >= 11 is 0. The van der Waals surface area contributed by atoms with Crippen molar-refractivity contribution in [1.29, 1.82) is 0 Å². The lowest BCUT2D eigenvalue weighted by atomic mass is 10.2. The summed E-state index contributed by atoms with van der Waals surface area (Å²) in [6.45, 7) is 3.44. The van der Waals surface area contributed by atoms with Gasteiger partial charge in [0, 0.05) is 45.3 Å². The molecular weight excluding hydrogens is 304 g/mol. The molecule has 0 aliphatic rings. The molecule has 2 rings (SSSR count). The highest BCUT2D eigenvalue weighted by Crippen LogP contribution is 2.23. The molecule has 2 aromatic heterocycles. The molecule has 8 heteroatoms. The first-order valence-corrected chi connectivity index (χ1v) is 8.46. The van der Waals surface area contributed by atoms with Crippen molar-refractivity contribution >= 4 is 10.1 Å². The molecule has 22 heavy (non-hydrogen) atoms. The van der Waals surface area contributed by atoms with Crippen molar-refractivity contribution in [3.05, 3.63) is 49.1 Å². The van der Waals surface area contributed by atoms with E-state index in [0.717, 1.165) is 5.82 Å². The topological polar surface area (TPSA) is 79.0 Å². The van der Waals surface area contributed by atoms with Crippen LogP contribution in [0.2, 0.25) is 0 Å². The molecule has 0 N–H and O–H groups in total. The lowest BCUT2D eigenvalue weighted by Crippen LogP contribution is -2.18. The van der Waals surface area contributed by atoms with Crippen molar-refractivity contribution in [2.75, 3.05) is 5.75 Å². The number of imidazole rings is 2. The van der Waals surface area contributed by atoms with Crippen molar-refractivity contribution in [2.24, 2.45) is 14.1 Å². The third-order valence-corrected chi connectivity index (χ3v) is 4.45. The number of aryl methyl sites for hydroxylation is 3. The van der Waals surface area contributed by atoms with Gasteiger partial charge in [-0.15, -0.1) is 6.58 Å². The summed E-state index contributed by atoms with van der Waals surface area (Å²) in [7, 11) is 0.0280. The van der Waals surface area contributed by atoms with E-state index in [0.29, 0.717) is 18.7 Å². The molecule has 120 valence electrons. The fourth-order valence-electron chi connectivity index (χ4n) is 2.17. The minimum Gasteiger partial charge on any atom is -0.338 e. The van der Waals surface area contributed by atoms with Gasteiger partial charge in [0.2, 0.25) is 0 Å². The summed E-state index contributed by atoms with van der Waals surface area (Å²) in [6, 6.07) is 0. The smallest absolute Gasteiger partial charge is 0.271 e. The average Bonchev–Trinajstić information content (AvgIpc) is 3.03. The third kappa shape index (κ3) is 4.05. The lowest BCUT2D eigenvalue weighted by molar-refractivity contribution is 0.189. The number of rotatable bonds is 8. The Morgan fingerprint density at radius 2 is 1.95 bits per heavy atom. The first-order chi connectivity index (χ1) is 10.4. The normalized spacial score (nSPS) is 13.2. The van der Waals surface area contributed by atoms with E-state index in [1.54, 1.807) is 30.2 Å². The van der Waals surface area contributed by atoms with Crippen molar-refractivity contribution in [1.82, 2.24) is 19.1 Å². The van der Waals surface area contributed by atoms with Crippen LogP contribution in [0.4, 0.5) is 0 Å². The summed E-state index contributed by atoms with van der Waals surface area (Å²) < 4.78 is 32.8. The van der Waals surface area contributed by atoms with Crippen LogP contribution in [0.1, 0.15) is 24.2 Å². The van der Waals surface area contributed by atoms with Crippen LogP contribution in [-0.4, -0.2) is 33.3 Å². The molecule has 1 atom stereocenters. The maximum absolute atomic E-state index is 11.9. The Hall–Kier alpha value is -1.93. The first kappa shape index (κ1) is 16.4. The van der Waals surface area contributed by atoms with Gasteiger partial charge in [-0.25, -0.2) is 9.97 Å². The maximum Gasteiger partial charge on any atom is 0.271 e. The Morgan fingerprint density at radius 1 is 1.27 bits per heavy atom. The number of hydrogen-bond acceptors (Lipinski definition) is 5. The highest BCUT2D eigenvalue weighted by Gasteiger charge is 2.24. The molecule has 7 nitrogen and oxygen atoms in total. The number of aromatic nitrogens is 4. The second kappa shape index (κ2) is 6.89. The van der Waals surface area contributed by atoms with Gasteiger partial charge in [-0.2, -0.15) is 8.42 Å². The van der Waals surface area contributed by atoms with Crippen molar-refractivity contribution < 1.29 is 12.6 Å². The molecule has 0 saturated heterocycles. The van der Waals surface area contributed by atoms with E-state index in [-0.39, 0.29) is 5.75 Å². The molecule has 0 bridgehead atoms. The van der Waals surface area contributed by atoms with Crippen molar-refractivity contribution in [2.45, 2.75) is 18.9 Å². The van der Waals surface area contributed by atoms with E-state index < -0.39 is 16.2 Å². The molecular formula is C14H20N4O3S. The van der Waals surface area contributed by atoms with Gasteiger partial charge in [-0.1, -0.05) is 6.08 Å². The van der Waals surface area contributed by atoms with E-state index in [2.05, 4.69) is 16.5 Å². The van der Waals surface area contributed by atoms with Crippen LogP contribution in [0.5, 0.6) is 0 Å². The number of nitrogens with zero attached hydrogens (tertiary/aromatic N) is 4. The van der Waals surface area contributed by atoms with Crippen LogP contribution in [0.15, 0.2) is 37.4 Å². The molecule has 2 heterocycles. The summed E-state index contributed by atoms with van der Waals surface area (Å²) in [5.74, 6) is 1.21. The van der Waals surface area contributed by atoms with Gasteiger partial charge < -0.3 is 9.13 Å². The second-order valence-electron chi connectivity index (χ2n) is 4.99. The summed E-state index contributed by atoms with van der Waals surface area (Å²) in [4.78, 5) is 8.44. The van der Waals surface area contributed by atoms with Gasteiger partial charge in [-0.05, 0) is 6.42 Å². The molecule has 0 amide bonds. The maximum atomic E-state index is 11.9. The largest absolute Gasteiger partial charge is 0.338 e. The fraction of sp³-hybridized carbons (Fsp3) is 0.429. The minimum atomic E-state index is -3.67. The van der Waals surface area contributed by atoms with E-state index >= 15 is 0 Å². The summed E-state index contributed by atoms with van der Waals surface area (Å²) in [5, 5.41) is 0. The average molecular weight is 324 g/mol. The molecule has 0 fully saturated rings. The zero-order valence-electron chi connectivity index (χ0n) is 12.7. The zero-order valence-corrected chi connectivity index (χ0v) is 13.5. The third-order valence-electron chi connectivity index (χ3n) is 3.28. The Balaban J connectivity index is 2.17. The van der Waals surface area contributed by atoms with Gasteiger partial charge >= 0.3 is 0 Å². The van der Waals surface area contributed by atoms with Crippen LogP contribution in [0, 0.1) is 0 Å². The lowest BCUT2D eigenvalue weighted by Gasteiger charge is -2.17. The van der Waals surface area contributed by atoms with E-state index in [4.69, 9.17) is 4.18 Å². The SMILES string of the molecule is C=CCS(=O)(=O)OC(CCc1nccn1C)c1nccn1C. The predicted octanol–water partition coefficient (Wildman–Crippen LogP) is 1.36. The van der Waals surface area contributed by atoms with Crippen LogP contribution in [0.25, 0.3) is 0 Å². The van der Waals surface area contributed by atoms with Gasteiger partial charge in [-0.3, -0.25) is 4.18 Å². The Kier molecular flexibility index (Phi) is 5.15. The first-order valence-electron chi connectivity index (χ1n) is 6.88. The standard InChI is InChI=1S/C14H20N4O3S/c1-4-11-22(19,20)21-12(14-16-8-10-18(14)3)5-6-13-15-7-9-17(13)2/h4,7-10,12H,1,5-6,11H2,2-3H3. The zero-order chi connectivity index (χ0) is 16.2. The molecule has 0 saturated carbocycles. The molecule has 0 aromatic carbocycles. The summed E-state index contributed by atoms with van der Waals surface area (Å²) in [6.07, 6.45) is 8.64. The van der Waals surface area contributed by atoms with E-state index in [1.807, 2.05) is 17.8 Å². The molecule has 0 radical (unpaired) electrons. The van der Waals surface area contributed by atoms with Gasteiger partial charge in [0.15, 0.2) is 0 Å². The number of hydrogen-bond donors (Lipinski definition) is 0. The monoisotopic (exact) mass is 324 g/mol. The highest BCUT2D eigenvalue weighted by atomic mass is 32.2. The molecule has 0 aliphatic heterocycles.